The van der Waals surface area contributed by atoms with Crippen LogP contribution >= 0.6 is 23.4 Å². The molecule has 1 aromatic heterocycles. The first-order valence-electron chi connectivity index (χ1n) is 5.03. The molecule has 0 aromatic carbocycles. The van der Waals surface area contributed by atoms with E-state index >= 15 is 0 Å². The minimum Gasteiger partial charge on any atom is -0.236 e. The molecule has 4 heteroatoms. The van der Waals surface area contributed by atoms with E-state index in [1.54, 1.807) is 11.8 Å². The van der Waals surface area contributed by atoms with E-state index in [1.807, 2.05) is 0 Å². The highest BCUT2D eigenvalue weighted by Crippen LogP contribution is 2.41. The molecule has 0 radical (unpaired) electrons. The zero-order valence-corrected chi connectivity index (χ0v) is 9.37. The van der Waals surface area contributed by atoms with Gasteiger partial charge in [0.25, 0.3) is 0 Å². The van der Waals surface area contributed by atoms with Crippen LogP contribution in [0, 0.1) is 0 Å². The Balaban J connectivity index is 2.06. The van der Waals surface area contributed by atoms with E-state index in [4.69, 9.17) is 11.6 Å². The minimum atomic E-state index is 0.602. The second-order valence-corrected chi connectivity index (χ2v) is 5.34. The number of thioether (sulfide) groups is 1. The van der Waals surface area contributed by atoms with Crippen molar-refractivity contribution >= 4 is 23.4 Å². The summed E-state index contributed by atoms with van der Waals surface area (Å²) in [6.07, 6.45) is 4.77. The van der Waals surface area contributed by atoms with E-state index in [9.17, 15) is 0 Å². The smallest absolute Gasteiger partial charge is 0.146 e. The van der Waals surface area contributed by atoms with Crippen LogP contribution in [0.2, 0.25) is 5.15 Å². The van der Waals surface area contributed by atoms with Gasteiger partial charge in [-0.15, -0.1) is 11.8 Å². The third-order valence-electron chi connectivity index (χ3n) is 2.66. The number of hydrogen-bond acceptors (Lipinski definition) is 3. The van der Waals surface area contributed by atoms with Crippen molar-refractivity contribution in [3.63, 3.8) is 0 Å². The topological polar surface area (TPSA) is 25.8 Å². The fraction of sp³-hybridized carbons (Fsp3) is 0.600. The van der Waals surface area contributed by atoms with Crippen LogP contribution in [-0.2, 0) is 6.42 Å². The van der Waals surface area contributed by atoms with Crippen LogP contribution in [0.25, 0.3) is 0 Å². The van der Waals surface area contributed by atoms with Crippen LogP contribution in [-0.4, -0.2) is 15.7 Å². The number of aromatic nitrogens is 2. The number of hydrogen-bond donors (Lipinski definition) is 0. The lowest BCUT2D eigenvalue weighted by Gasteiger charge is -2.15. The predicted octanol–water partition coefficient (Wildman–Crippen LogP) is 3.05. The fourth-order valence-electron chi connectivity index (χ4n) is 1.73. The zero-order valence-electron chi connectivity index (χ0n) is 7.79. The maximum atomic E-state index is 6.15. The highest BCUT2D eigenvalue weighted by atomic mass is 35.5. The predicted molar refractivity (Wildman–Crippen MR) is 58.1 cm³/mol. The summed E-state index contributed by atoms with van der Waals surface area (Å²) in [4.78, 5) is 10.1. The lowest BCUT2D eigenvalue weighted by atomic mass is 10.2. The molecule has 1 fully saturated rings. The van der Waals surface area contributed by atoms with Crippen molar-refractivity contribution < 1.29 is 0 Å². The summed E-state index contributed by atoms with van der Waals surface area (Å²) in [5.41, 5.74) is 1.18. The third-order valence-corrected chi connectivity index (χ3v) is 4.25. The monoisotopic (exact) mass is 226 g/mol. The number of nitrogens with zero attached hydrogens (tertiary/aromatic N) is 2. The number of fused-ring (bicyclic) bond motifs is 1. The molecule has 2 nitrogen and oxygen atoms in total. The summed E-state index contributed by atoms with van der Waals surface area (Å²) in [5, 5.41) is 0.682. The van der Waals surface area contributed by atoms with Crippen LogP contribution in [0.5, 0.6) is 0 Å². The van der Waals surface area contributed by atoms with Gasteiger partial charge in [-0.1, -0.05) is 11.6 Å². The van der Waals surface area contributed by atoms with E-state index in [1.165, 1.54) is 25.0 Å². The Labute approximate surface area is 92.5 Å². The van der Waals surface area contributed by atoms with Gasteiger partial charge < -0.3 is 0 Å². The molecule has 1 aromatic rings. The highest BCUT2D eigenvalue weighted by Gasteiger charge is 2.28. The van der Waals surface area contributed by atoms with Gasteiger partial charge in [0.05, 0.1) is 10.6 Å². The highest BCUT2D eigenvalue weighted by molar-refractivity contribution is 7.99. The Morgan fingerprint density at radius 1 is 1.29 bits per heavy atom. The maximum absolute atomic E-state index is 6.15. The molecule has 0 unspecified atom stereocenters. The molecule has 3 rings (SSSR count). The SMILES string of the molecule is Clc1nc(C2CC2)nc2c1SCCC2. The normalized spacial score (nSPS) is 20.6. The van der Waals surface area contributed by atoms with Crippen molar-refractivity contribution in [2.75, 3.05) is 5.75 Å². The molecule has 1 aliphatic heterocycles. The Morgan fingerprint density at radius 2 is 2.14 bits per heavy atom. The van der Waals surface area contributed by atoms with Crippen molar-refractivity contribution in [3.8, 4) is 0 Å². The van der Waals surface area contributed by atoms with E-state index < -0.39 is 0 Å². The molecule has 0 atom stereocenters. The molecule has 2 aliphatic rings. The fourth-order valence-corrected chi connectivity index (χ4v) is 3.07. The Bertz CT molecular complexity index is 377. The van der Waals surface area contributed by atoms with Gasteiger partial charge in [-0.2, -0.15) is 0 Å². The van der Waals surface area contributed by atoms with Crippen LogP contribution in [0.3, 0.4) is 0 Å². The molecule has 74 valence electrons. The van der Waals surface area contributed by atoms with Gasteiger partial charge in [0.2, 0.25) is 0 Å². The summed E-state index contributed by atoms with van der Waals surface area (Å²) in [5.74, 6) is 2.74. The van der Waals surface area contributed by atoms with Gasteiger partial charge in [0.1, 0.15) is 11.0 Å². The van der Waals surface area contributed by atoms with Gasteiger partial charge in [-0.05, 0) is 31.4 Å². The van der Waals surface area contributed by atoms with E-state index in [0.717, 1.165) is 22.9 Å². The molecular weight excluding hydrogens is 216 g/mol. The third kappa shape index (κ3) is 1.52. The Hall–Kier alpha value is -0.280. The molecule has 14 heavy (non-hydrogen) atoms. The molecule has 0 bridgehead atoms. The zero-order chi connectivity index (χ0) is 9.54. The summed E-state index contributed by atoms with van der Waals surface area (Å²) in [7, 11) is 0. The summed E-state index contributed by atoms with van der Waals surface area (Å²) >= 11 is 7.95. The van der Waals surface area contributed by atoms with Crippen LogP contribution in [0.15, 0.2) is 4.90 Å². The van der Waals surface area contributed by atoms with Crippen molar-refractivity contribution in [2.24, 2.45) is 0 Å². The van der Waals surface area contributed by atoms with Crippen molar-refractivity contribution in [1.29, 1.82) is 0 Å². The summed E-state index contributed by atoms with van der Waals surface area (Å²) in [6, 6.07) is 0. The number of aryl methyl sites for hydroxylation is 1. The lowest BCUT2D eigenvalue weighted by Crippen LogP contribution is -2.06. The van der Waals surface area contributed by atoms with E-state index in [2.05, 4.69) is 9.97 Å². The van der Waals surface area contributed by atoms with Gasteiger partial charge in [-0.25, -0.2) is 9.97 Å². The van der Waals surface area contributed by atoms with Gasteiger partial charge in [0, 0.05) is 5.92 Å². The molecule has 0 amide bonds. The quantitative estimate of drug-likeness (QED) is 0.689. The minimum absolute atomic E-state index is 0.602. The molecule has 0 saturated heterocycles. The first kappa shape index (κ1) is 8.98. The van der Waals surface area contributed by atoms with Gasteiger partial charge >= 0.3 is 0 Å². The van der Waals surface area contributed by atoms with Crippen molar-refractivity contribution in [2.45, 2.75) is 36.5 Å². The average Bonchev–Trinajstić information content (AvgIpc) is 3.01. The molecule has 1 aliphatic carbocycles. The molecule has 0 spiro atoms. The first-order chi connectivity index (χ1) is 6.84. The van der Waals surface area contributed by atoms with E-state index in [0.29, 0.717) is 11.1 Å². The second-order valence-electron chi connectivity index (χ2n) is 3.87. The van der Waals surface area contributed by atoms with Gasteiger partial charge in [-0.3, -0.25) is 0 Å². The van der Waals surface area contributed by atoms with Crippen molar-refractivity contribution in [1.82, 2.24) is 9.97 Å². The summed E-state index contributed by atoms with van der Waals surface area (Å²) in [6.45, 7) is 0. The molecule has 0 N–H and O–H groups in total. The van der Waals surface area contributed by atoms with Crippen LogP contribution in [0.1, 0.15) is 36.7 Å². The molecule has 1 saturated carbocycles. The van der Waals surface area contributed by atoms with Crippen molar-refractivity contribution in [3.05, 3.63) is 16.7 Å². The first-order valence-corrected chi connectivity index (χ1v) is 6.40. The maximum Gasteiger partial charge on any atom is 0.146 e. The standard InChI is InChI=1S/C10H11ClN2S/c11-9-8-7(2-1-5-14-8)12-10(13-9)6-3-4-6/h6H,1-5H2. The average molecular weight is 227 g/mol. The second kappa shape index (κ2) is 3.38. The van der Waals surface area contributed by atoms with Gasteiger partial charge in [0.15, 0.2) is 0 Å². The Kier molecular flexibility index (Phi) is 2.17. The van der Waals surface area contributed by atoms with E-state index in [-0.39, 0.29) is 0 Å². The molecular formula is C10H11ClN2S. The Morgan fingerprint density at radius 3 is 2.93 bits per heavy atom. The number of halogens is 1. The number of rotatable bonds is 1. The van der Waals surface area contributed by atoms with Crippen LogP contribution < -0.4 is 0 Å². The lowest BCUT2D eigenvalue weighted by molar-refractivity contribution is 0.788. The summed E-state index contributed by atoms with van der Waals surface area (Å²) < 4.78 is 0. The molecule has 2 heterocycles. The largest absolute Gasteiger partial charge is 0.236 e. The van der Waals surface area contributed by atoms with Crippen LogP contribution in [0.4, 0.5) is 0 Å².